The molecule has 0 unspecified atom stereocenters. The zero-order valence-corrected chi connectivity index (χ0v) is 8.16. The molecule has 0 radical (unpaired) electrons. The maximum Gasteiger partial charge on any atom is 0.128 e. The normalized spacial score (nSPS) is 10.5. The number of halogens is 1. The third-order valence-corrected chi connectivity index (χ3v) is 2.20. The SMILES string of the molecule is Cc1cnn(-c2cccc(F)c2C)c1. The Morgan fingerprint density at radius 2 is 2.07 bits per heavy atom. The fraction of sp³-hybridized carbons (Fsp3) is 0.182. The first-order valence-electron chi connectivity index (χ1n) is 4.45. The highest BCUT2D eigenvalue weighted by molar-refractivity contribution is 5.40. The number of rotatable bonds is 1. The quantitative estimate of drug-likeness (QED) is 0.676. The predicted octanol–water partition coefficient (Wildman–Crippen LogP) is 2.63. The lowest BCUT2D eigenvalue weighted by Gasteiger charge is -2.05. The molecule has 1 aromatic carbocycles. The van der Waals surface area contributed by atoms with E-state index in [1.807, 2.05) is 19.2 Å². The Morgan fingerprint density at radius 3 is 2.71 bits per heavy atom. The Bertz CT molecular complexity index is 460. The average Bonchev–Trinajstić information content (AvgIpc) is 2.57. The molecule has 0 aliphatic heterocycles. The highest BCUT2D eigenvalue weighted by Crippen LogP contribution is 2.16. The van der Waals surface area contributed by atoms with Crippen LogP contribution in [0.2, 0.25) is 0 Å². The van der Waals surface area contributed by atoms with Crippen LogP contribution >= 0.6 is 0 Å². The van der Waals surface area contributed by atoms with Gasteiger partial charge in [-0.3, -0.25) is 0 Å². The lowest BCUT2D eigenvalue weighted by atomic mass is 10.2. The number of hydrogen-bond acceptors (Lipinski definition) is 1. The summed E-state index contributed by atoms with van der Waals surface area (Å²) >= 11 is 0. The van der Waals surface area contributed by atoms with Crippen LogP contribution in [-0.4, -0.2) is 9.78 Å². The van der Waals surface area contributed by atoms with Crippen molar-refractivity contribution in [3.8, 4) is 5.69 Å². The molecular weight excluding hydrogens is 179 g/mol. The van der Waals surface area contributed by atoms with Gasteiger partial charge in [-0.1, -0.05) is 6.07 Å². The molecule has 0 fully saturated rings. The standard InChI is InChI=1S/C11H11FN2/c1-8-6-13-14(7-8)11-5-3-4-10(12)9(11)2/h3-7H,1-2H3. The summed E-state index contributed by atoms with van der Waals surface area (Å²) in [5.41, 5.74) is 2.47. The zero-order chi connectivity index (χ0) is 10.1. The third kappa shape index (κ3) is 1.41. The molecule has 0 spiro atoms. The molecule has 72 valence electrons. The average molecular weight is 190 g/mol. The van der Waals surface area contributed by atoms with E-state index in [1.54, 1.807) is 23.9 Å². The van der Waals surface area contributed by atoms with Crippen molar-refractivity contribution in [3.05, 3.63) is 47.5 Å². The van der Waals surface area contributed by atoms with Gasteiger partial charge in [0.1, 0.15) is 5.82 Å². The van der Waals surface area contributed by atoms with E-state index in [-0.39, 0.29) is 5.82 Å². The van der Waals surface area contributed by atoms with Crippen LogP contribution in [0.25, 0.3) is 5.69 Å². The van der Waals surface area contributed by atoms with Crippen LogP contribution in [0.3, 0.4) is 0 Å². The molecular formula is C11H11FN2. The fourth-order valence-electron chi connectivity index (χ4n) is 1.39. The smallest absolute Gasteiger partial charge is 0.128 e. The largest absolute Gasteiger partial charge is 0.240 e. The molecule has 1 aromatic heterocycles. The summed E-state index contributed by atoms with van der Waals surface area (Å²) in [7, 11) is 0. The van der Waals surface area contributed by atoms with E-state index >= 15 is 0 Å². The second-order valence-corrected chi connectivity index (χ2v) is 3.35. The van der Waals surface area contributed by atoms with Crippen molar-refractivity contribution in [1.29, 1.82) is 0 Å². The molecule has 3 heteroatoms. The summed E-state index contributed by atoms with van der Waals surface area (Å²) in [5, 5.41) is 4.14. The summed E-state index contributed by atoms with van der Waals surface area (Å²) in [5.74, 6) is -0.198. The Kier molecular flexibility index (Phi) is 2.08. The summed E-state index contributed by atoms with van der Waals surface area (Å²) in [4.78, 5) is 0. The molecule has 0 bridgehead atoms. The second-order valence-electron chi connectivity index (χ2n) is 3.35. The minimum atomic E-state index is -0.198. The predicted molar refractivity (Wildman–Crippen MR) is 53.0 cm³/mol. The topological polar surface area (TPSA) is 17.8 Å². The van der Waals surface area contributed by atoms with Gasteiger partial charge in [0, 0.05) is 11.8 Å². The Labute approximate surface area is 82.0 Å². The van der Waals surface area contributed by atoms with Crippen LogP contribution in [0.5, 0.6) is 0 Å². The van der Waals surface area contributed by atoms with Crippen LogP contribution in [0.15, 0.2) is 30.6 Å². The first-order valence-corrected chi connectivity index (χ1v) is 4.45. The summed E-state index contributed by atoms with van der Waals surface area (Å²) in [6, 6.07) is 4.99. The highest BCUT2D eigenvalue weighted by Gasteiger charge is 2.05. The Hall–Kier alpha value is -1.64. The lowest BCUT2D eigenvalue weighted by molar-refractivity contribution is 0.615. The molecule has 2 aromatic rings. The maximum absolute atomic E-state index is 13.2. The number of aryl methyl sites for hydroxylation is 1. The molecule has 0 amide bonds. The van der Waals surface area contributed by atoms with Gasteiger partial charge in [-0.05, 0) is 31.5 Å². The third-order valence-electron chi connectivity index (χ3n) is 2.20. The van der Waals surface area contributed by atoms with Gasteiger partial charge in [0.2, 0.25) is 0 Å². The fourth-order valence-corrected chi connectivity index (χ4v) is 1.39. The van der Waals surface area contributed by atoms with Crippen molar-refractivity contribution in [2.45, 2.75) is 13.8 Å². The first kappa shape index (κ1) is 8.94. The number of aromatic nitrogens is 2. The lowest BCUT2D eigenvalue weighted by Crippen LogP contribution is -1.98. The van der Waals surface area contributed by atoms with Gasteiger partial charge in [-0.25, -0.2) is 9.07 Å². The van der Waals surface area contributed by atoms with Crippen molar-refractivity contribution in [2.75, 3.05) is 0 Å². The van der Waals surface area contributed by atoms with Gasteiger partial charge < -0.3 is 0 Å². The van der Waals surface area contributed by atoms with E-state index in [1.165, 1.54) is 6.07 Å². The van der Waals surface area contributed by atoms with Crippen molar-refractivity contribution < 1.29 is 4.39 Å². The molecule has 0 N–H and O–H groups in total. The van der Waals surface area contributed by atoms with E-state index in [0.29, 0.717) is 5.56 Å². The molecule has 14 heavy (non-hydrogen) atoms. The van der Waals surface area contributed by atoms with Crippen molar-refractivity contribution in [1.82, 2.24) is 9.78 Å². The van der Waals surface area contributed by atoms with E-state index < -0.39 is 0 Å². The monoisotopic (exact) mass is 190 g/mol. The minimum absolute atomic E-state index is 0.198. The molecule has 0 saturated carbocycles. The Morgan fingerprint density at radius 1 is 1.29 bits per heavy atom. The van der Waals surface area contributed by atoms with Crippen LogP contribution in [0.1, 0.15) is 11.1 Å². The summed E-state index contributed by atoms with van der Waals surface area (Å²) in [6.45, 7) is 3.71. The molecule has 2 nitrogen and oxygen atoms in total. The molecule has 1 heterocycles. The zero-order valence-electron chi connectivity index (χ0n) is 8.16. The van der Waals surface area contributed by atoms with Crippen LogP contribution < -0.4 is 0 Å². The van der Waals surface area contributed by atoms with Gasteiger partial charge in [-0.2, -0.15) is 5.10 Å². The van der Waals surface area contributed by atoms with E-state index in [9.17, 15) is 4.39 Å². The second kappa shape index (κ2) is 3.25. The van der Waals surface area contributed by atoms with Gasteiger partial charge in [0.25, 0.3) is 0 Å². The van der Waals surface area contributed by atoms with Crippen LogP contribution in [0.4, 0.5) is 4.39 Å². The van der Waals surface area contributed by atoms with E-state index in [2.05, 4.69) is 5.10 Å². The molecule has 0 aliphatic carbocycles. The van der Waals surface area contributed by atoms with Gasteiger partial charge in [0.15, 0.2) is 0 Å². The highest BCUT2D eigenvalue weighted by atomic mass is 19.1. The van der Waals surface area contributed by atoms with Gasteiger partial charge in [-0.15, -0.1) is 0 Å². The number of hydrogen-bond donors (Lipinski definition) is 0. The van der Waals surface area contributed by atoms with E-state index in [0.717, 1.165) is 11.3 Å². The number of benzene rings is 1. The molecule has 0 atom stereocenters. The minimum Gasteiger partial charge on any atom is -0.240 e. The first-order chi connectivity index (χ1) is 6.68. The van der Waals surface area contributed by atoms with Crippen molar-refractivity contribution in [3.63, 3.8) is 0 Å². The summed E-state index contributed by atoms with van der Waals surface area (Å²) in [6.07, 6.45) is 3.63. The molecule has 0 aliphatic rings. The molecule has 2 rings (SSSR count). The van der Waals surface area contributed by atoms with E-state index in [4.69, 9.17) is 0 Å². The van der Waals surface area contributed by atoms with Crippen LogP contribution in [-0.2, 0) is 0 Å². The van der Waals surface area contributed by atoms with Gasteiger partial charge in [0.05, 0.1) is 11.9 Å². The van der Waals surface area contributed by atoms with Gasteiger partial charge >= 0.3 is 0 Å². The molecule has 0 saturated heterocycles. The maximum atomic E-state index is 13.2. The Balaban J connectivity index is 2.57. The van der Waals surface area contributed by atoms with Crippen LogP contribution in [0, 0.1) is 19.7 Å². The van der Waals surface area contributed by atoms with Crippen molar-refractivity contribution >= 4 is 0 Å². The van der Waals surface area contributed by atoms with Crippen molar-refractivity contribution in [2.24, 2.45) is 0 Å². The summed E-state index contributed by atoms with van der Waals surface area (Å²) < 4.78 is 14.9. The number of nitrogens with zero attached hydrogens (tertiary/aromatic N) is 2.